The van der Waals surface area contributed by atoms with Gasteiger partial charge in [-0.15, -0.1) is 11.3 Å². The number of rotatable bonds is 13. The molecule has 2 atom stereocenters. The van der Waals surface area contributed by atoms with Crippen molar-refractivity contribution in [3.05, 3.63) is 91.9 Å². The molecule has 1 unspecified atom stereocenters. The molecule has 1 aliphatic rings. The van der Waals surface area contributed by atoms with Crippen LogP contribution in [0.4, 0.5) is 0 Å². The largest absolute Gasteiger partial charge is 0.467 e. The van der Waals surface area contributed by atoms with Crippen LogP contribution in [-0.2, 0) is 29.1 Å². The number of halogens is 1. The van der Waals surface area contributed by atoms with E-state index in [1.807, 2.05) is 34.7 Å². The van der Waals surface area contributed by atoms with Crippen molar-refractivity contribution in [1.29, 1.82) is 0 Å². The van der Waals surface area contributed by atoms with Crippen molar-refractivity contribution in [3.8, 4) is 0 Å². The molecule has 0 saturated carbocycles. The highest BCUT2D eigenvalue weighted by Crippen LogP contribution is 2.26. The molecule has 3 aromatic heterocycles. The maximum Gasteiger partial charge on any atom is 0.257 e. The van der Waals surface area contributed by atoms with E-state index in [0.717, 1.165) is 41.1 Å². The molecule has 1 aromatic carbocycles. The number of carbonyl (C=O) groups is 1. The van der Waals surface area contributed by atoms with E-state index < -0.39 is 12.0 Å². The average molecular weight is 614 g/mol. The van der Waals surface area contributed by atoms with Crippen LogP contribution in [-0.4, -0.2) is 53.6 Å². The molecule has 0 radical (unpaired) electrons. The number of likely N-dealkylation sites (N-methyl/N-ethyl adjacent to an activating group) is 1. The van der Waals surface area contributed by atoms with Gasteiger partial charge in [0.1, 0.15) is 22.3 Å². The number of benzene rings is 1. The van der Waals surface area contributed by atoms with Gasteiger partial charge >= 0.3 is 0 Å². The number of thiophene rings is 1. The topological polar surface area (TPSA) is 106 Å². The van der Waals surface area contributed by atoms with Gasteiger partial charge in [0.25, 0.3) is 5.91 Å². The summed E-state index contributed by atoms with van der Waals surface area (Å²) in [6.07, 6.45) is 6.04. The Kier molecular flexibility index (Phi) is 10.5. The molecular formula is C31H36ClN3O6S. The number of carbonyl (C=O) groups excluding carboxylic acids is 1. The number of aromatic nitrogens is 1. The summed E-state index contributed by atoms with van der Waals surface area (Å²) < 4.78 is 18.9. The van der Waals surface area contributed by atoms with Gasteiger partial charge in [-0.1, -0.05) is 23.7 Å². The molecule has 224 valence electrons. The first-order valence-electron chi connectivity index (χ1n) is 14.2. The van der Waals surface area contributed by atoms with Crippen molar-refractivity contribution in [2.75, 3.05) is 26.8 Å². The standard InChI is InChI=1S/C31H36ClN3O6S/c1-34(20-26(36)27-6-4-14-39-27)18-23-16-24-29(37)25(30(38)33-17-21-8-10-22(32)11-9-21)19-35(31(24)42-23)12-5-15-41-28-7-2-3-13-40-28/h4,6,8-11,14,16,19,26,28,36H,2-3,5,7,12-13,15,17-18,20H2,1H3,(H,33,38)/t26-,28?/m1/s1. The lowest BCUT2D eigenvalue weighted by Crippen LogP contribution is -2.29. The number of hydrogen-bond acceptors (Lipinski definition) is 8. The third-order valence-corrected chi connectivity index (χ3v) is 8.59. The van der Waals surface area contributed by atoms with Gasteiger partial charge < -0.3 is 28.9 Å². The molecule has 0 bridgehead atoms. The average Bonchev–Trinajstić information content (AvgIpc) is 3.68. The van der Waals surface area contributed by atoms with E-state index >= 15 is 0 Å². The minimum absolute atomic E-state index is 0.0962. The number of aryl methyl sites for hydroxylation is 1. The molecule has 1 amide bonds. The maximum atomic E-state index is 13.6. The maximum absolute atomic E-state index is 13.6. The van der Waals surface area contributed by atoms with Crippen LogP contribution < -0.4 is 10.7 Å². The Morgan fingerprint density at radius 2 is 2.12 bits per heavy atom. The van der Waals surface area contributed by atoms with E-state index in [1.165, 1.54) is 17.6 Å². The summed E-state index contributed by atoms with van der Waals surface area (Å²) >= 11 is 7.49. The Bertz CT molecular complexity index is 1510. The summed E-state index contributed by atoms with van der Waals surface area (Å²) in [5.41, 5.74) is 0.676. The summed E-state index contributed by atoms with van der Waals surface area (Å²) in [6.45, 7) is 2.99. The number of pyridine rings is 1. The zero-order valence-electron chi connectivity index (χ0n) is 23.6. The smallest absolute Gasteiger partial charge is 0.257 e. The first-order chi connectivity index (χ1) is 20.4. The van der Waals surface area contributed by atoms with Crippen LogP contribution in [0.25, 0.3) is 10.2 Å². The van der Waals surface area contributed by atoms with Crippen LogP contribution in [0.15, 0.2) is 64.1 Å². The zero-order chi connectivity index (χ0) is 29.5. The predicted octanol–water partition coefficient (Wildman–Crippen LogP) is 5.34. The van der Waals surface area contributed by atoms with Crippen LogP contribution in [0.1, 0.15) is 58.3 Å². The second-order valence-corrected chi connectivity index (χ2v) is 12.1. The van der Waals surface area contributed by atoms with Crippen molar-refractivity contribution in [2.24, 2.45) is 0 Å². The lowest BCUT2D eigenvalue weighted by molar-refractivity contribution is -0.162. The van der Waals surface area contributed by atoms with E-state index in [9.17, 15) is 14.7 Å². The zero-order valence-corrected chi connectivity index (χ0v) is 25.2. The lowest BCUT2D eigenvalue weighted by Gasteiger charge is -2.22. The summed E-state index contributed by atoms with van der Waals surface area (Å²) in [5.74, 6) is 0.0804. The van der Waals surface area contributed by atoms with Gasteiger partial charge in [0.05, 0.1) is 18.3 Å². The van der Waals surface area contributed by atoms with E-state index in [2.05, 4.69) is 5.32 Å². The molecule has 4 heterocycles. The van der Waals surface area contributed by atoms with E-state index in [0.29, 0.717) is 48.8 Å². The first-order valence-corrected chi connectivity index (χ1v) is 15.4. The lowest BCUT2D eigenvalue weighted by atomic mass is 10.1. The van der Waals surface area contributed by atoms with Crippen LogP contribution in [0.5, 0.6) is 0 Å². The second-order valence-electron chi connectivity index (χ2n) is 10.6. The molecule has 0 aliphatic carbocycles. The summed E-state index contributed by atoms with van der Waals surface area (Å²) in [7, 11) is 1.91. The Labute approximate surface area is 253 Å². The third kappa shape index (κ3) is 7.89. The Hall–Kier alpha value is -2.99. The molecule has 1 saturated heterocycles. The monoisotopic (exact) mass is 613 g/mol. The molecule has 4 aromatic rings. The van der Waals surface area contributed by atoms with Gasteiger partial charge in [0, 0.05) is 48.9 Å². The summed E-state index contributed by atoms with van der Waals surface area (Å²) in [6, 6.07) is 12.6. The minimum atomic E-state index is -0.761. The fourth-order valence-corrected chi connectivity index (χ4v) is 6.36. The fourth-order valence-electron chi connectivity index (χ4n) is 5.00. The van der Waals surface area contributed by atoms with Crippen LogP contribution in [0.2, 0.25) is 5.02 Å². The molecule has 1 fully saturated rings. The molecule has 5 rings (SSSR count). The Balaban J connectivity index is 1.33. The number of nitrogens with zero attached hydrogens (tertiary/aromatic N) is 2. The number of aliphatic hydroxyl groups excluding tert-OH is 1. The molecule has 2 N–H and O–H groups in total. The molecule has 9 nitrogen and oxygen atoms in total. The van der Waals surface area contributed by atoms with Crippen molar-refractivity contribution in [1.82, 2.24) is 14.8 Å². The highest BCUT2D eigenvalue weighted by atomic mass is 35.5. The van der Waals surface area contributed by atoms with Gasteiger partial charge in [0.2, 0.25) is 5.43 Å². The molecule has 11 heteroatoms. The number of aliphatic hydroxyl groups is 1. The van der Waals surface area contributed by atoms with Crippen molar-refractivity contribution in [2.45, 2.75) is 57.7 Å². The molecule has 0 spiro atoms. The van der Waals surface area contributed by atoms with Crippen LogP contribution in [0.3, 0.4) is 0 Å². The van der Waals surface area contributed by atoms with E-state index in [1.54, 1.807) is 30.5 Å². The number of fused-ring (bicyclic) bond motifs is 1. The highest BCUT2D eigenvalue weighted by Gasteiger charge is 2.20. The molecule has 42 heavy (non-hydrogen) atoms. The Morgan fingerprint density at radius 3 is 2.86 bits per heavy atom. The number of furan rings is 1. The number of nitrogens with one attached hydrogen (secondary N) is 1. The summed E-state index contributed by atoms with van der Waals surface area (Å²) in [4.78, 5) is 30.5. The van der Waals surface area contributed by atoms with Crippen molar-refractivity contribution >= 4 is 39.1 Å². The first kappa shape index (κ1) is 30.5. The third-order valence-electron chi connectivity index (χ3n) is 7.18. The van der Waals surface area contributed by atoms with Gasteiger partial charge in [-0.05, 0) is 68.6 Å². The van der Waals surface area contributed by atoms with E-state index in [-0.39, 0.29) is 23.8 Å². The number of hydrogen-bond donors (Lipinski definition) is 2. The van der Waals surface area contributed by atoms with Gasteiger partial charge in [0.15, 0.2) is 6.29 Å². The second kappa shape index (κ2) is 14.5. The van der Waals surface area contributed by atoms with Crippen LogP contribution >= 0.6 is 22.9 Å². The number of ether oxygens (including phenoxy) is 2. The van der Waals surface area contributed by atoms with Crippen LogP contribution in [0, 0.1) is 0 Å². The van der Waals surface area contributed by atoms with Gasteiger partial charge in [-0.2, -0.15) is 0 Å². The fraction of sp³-hybridized carbons (Fsp3) is 0.419. The molecular weight excluding hydrogens is 578 g/mol. The van der Waals surface area contributed by atoms with Gasteiger partial charge in [-0.3, -0.25) is 14.5 Å². The van der Waals surface area contributed by atoms with E-state index in [4.69, 9.17) is 25.5 Å². The highest BCUT2D eigenvalue weighted by molar-refractivity contribution is 7.18. The van der Waals surface area contributed by atoms with Crippen molar-refractivity contribution < 1.29 is 23.8 Å². The minimum Gasteiger partial charge on any atom is -0.467 e. The Morgan fingerprint density at radius 1 is 1.29 bits per heavy atom. The predicted molar refractivity (Wildman–Crippen MR) is 163 cm³/mol. The SMILES string of the molecule is CN(Cc1cc2c(=O)c(C(=O)NCc3ccc(Cl)cc3)cn(CCCOC3CCCCO3)c2s1)C[C@@H](O)c1ccco1. The quantitative estimate of drug-likeness (QED) is 0.196. The van der Waals surface area contributed by atoms with Crippen molar-refractivity contribution in [3.63, 3.8) is 0 Å². The molecule has 1 aliphatic heterocycles. The normalized spacial score (nSPS) is 16.2. The summed E-state index contributed by atoms with van der Waals surface area (Å²) in [5, 5.41) is 14.5. The van der Waals surface area contributed by atoms with Gasteiger partial charge in [-0.25, -0.2) is 0 Å². The number of amides is 1.